The van der Waals surface area contributed by atoms with Crippen molar-refractivity contribution in [2.24, 2.45) is 0 Å². The Balaban J connectivity index is -0.000000380. The lowest BCUT2D eigenvalue weighted by atomic mass is 10.1. The lowest BCUT2D eigenvalue weighted by Crippen LogP contribution is -1.89. The molecule has 29 heavy (non-hydrogen) atoms. The third-order valence-corrected chi connectivity index (χ3v) is 4.52. The molecule has 0 saturated heterocycles. The highest BCUT2D eigenvalue weighted by Crippen LogP contribution is 2.09. The highest BCUT2D eigenvalue weighted by atomic mass is 32.3. The van der Waals surface area contributed by atoms with Gasteiger partial charge in [0.2, 0.25) is 0 Å². The van der Waals surface area contributed by atoms with Gasteiger partial charge in [-0.2, -0.15) is 8.42 Å². The molecule has 0 aromatic heterocycles. The third kappa shape index (κ3) is 58.4. The molecule has 0 aromatic carbocycles. The van der Waals surface area contributed by atoms with Gasteiger partial charge in [-0.1, -0.05) is 117 Å². The first-order chi connectivity index (χ1) is 13.8. The fourth-order valence-corrected chi connectivity index (χ4v) is 2.84. The predicted octanol–water partition coefficient (Wildman–Crippen LogP) is 6.37. The minimum atomic E-state index is -4.67. The molecular formula is C22H50O6S. The Kier molecular flexibility index (Phi) is 34.6. The van der Waals surface area contributed by atoms with E-state index in [2.05, 4.69) is 13.8 Å². The normalized spacial score (nSPS) is 10.7. The summed E-state index contributed by atoms with van der Waals surface area (Å²) >= 11 is 0. The van der Waals surface area contributed by atoms with Gasteiger partial charge in [-0.3, -0.25) is 9.11 Å². The lowest BCUT2D eigenvalue weighted by molar-refractivity contribution is 0.282. The van der Waals surface area contributed by atoms with E-state index in [-0.39, 0.29) is 0 Å². The number of unbranched alkanes of at least 4 members (excludes halogenated alkanes) is 16. The molecule has 0 aromatic rings. The van der Waals surface area contributed by atoms with Crippen molar-refractivity contribution in [1.82, 2.24) is 0 Å². The van der Waals surface area contributed by atoms with E-state index in [0.29, 0.717) is 13.2 Å². The van der Waals surface area contributed by atoms with Gasteiger partial charge in [-0.15, -0.1) is 0 Å². The summed E-state index contributed by atoms with van der Waals surface area (Å²) in [6.45, 7) is 5.24. The average Bonchev–Trinajstić information content (AvgIpc) is 2.65. The van der Waals surface area contributed by atoms with Crippen molar-refractivity contribution in [2.45, 2.75) is 129 Å². The number of hydrogen-bond donors (Lipinski definition) is 4. The van der Waals surface area contributed by atoms with E-state index in [9.17, 15) is 0 Å². The molecule has 0 saturated carbocycles. The fraction of sp³-hybridized carbons (Fsp3) is 1.00. The first-order valence-corrected chi connectivity index (χ1v) is 13.1. The van der Waals surface area contributed by atoms with Crippen LogP contribution in [0.5, 0.6) is 0 Å². The SMILES string of the molecule is CCCCCCCCCCCO.CCCCCCCCCCCO.O=S(=O)(O)O. The van der Waals surface area contributed by atoms with Crippen molar-refractivity contribution in [3.63, 3.8) is 0 Å². The zero-order chi connectivity index (χ0) is 22.6. The molecule has 0 atom stereocenters. The lowest BCUT2D eigenvalue weighted by Gasteiger charge is -1.99. The molecule has 0 fully saturated rings. The smallest absolute Gasteiger partial charge is 0.394 e. The summed E-state index contributed by atoms with van der Waals surface area (Å²) in [5.74, 6) is 0. The summed E-state index contributed by atoms with van der Waals surface area (Å²) in [5, 5.41) is 17.1. The van der Waals surface area contributed by atoms with Gasteiger partial charge in [0.05, 0.1) is 0 Å². The highest BCUT2D eigenvalue weighted by Gasteiger charge is 1.91. The van der Waals surface area contributed by atoms with Crippen LogP contribution < -0.4 is 0 Å². The van der Waals surface area contributed by atoms with Gasteiger partial charge in [0.1, 0.15) is 0 Å². The van der Waals surface area contributed by atoms with Gasteiger partial charge in [0, 0.05) is 13.2 Å². The van der Waals surface area contributed by atoms with E-state index in [0.717, 1.165) is 12.8 Å². The molecular weight excluding hydrogens is 392 g/mol. The summed E-state index contributed by atoms with van der Waals surface area (Å²) in [6, 6.07) is 0. The number of hydrogen-bond acceptors (Lipinski definition) is 4. The number of aliphatic hydroxyl groups is 2. The maximum atomic E-state index is 8.74. The van der Waals surface area contributed by atoms with E-state index < -0.39 is 10.4 Å². The highest BCUT2D eigenvalue weighted by molar-refractivity contribution is 7.79. The molecule has 0 aliphatic carbocycles. The molecule has 0 unspecified atom stereocenters. The van der Waals surface area contributed by atoms with Crippen LogP contribution in [-0.2, 0) is 10.4 Å². The van der Waals surface area contributed by atoms with Crippen molar-refractivity contribution < 1.29 is 27.7 Å². The van der Waals surface area contributed by atoms with E-state index in [1.807, 2.05) is 0 Å². The minimum Gasteiger partial charge on any atom is -0.396 e. The predicted molar refractivity (Wildman–Crippen MR) is 123 cm³/mol. The Bertz CT molecular complexity index is 312. The van der Waals surface area contributed by atoms with Crippen LogP contribution in [0.3, 0.4) is 0 Å². The Labute approximate surface area is 181 Å². The second-order valence-corrected chi connectivity index (χ2v) is 8.45. The molecule has 0 radical (unpaired) electrons. The number of aliphatic hydroxyl groups excluding tert-OH is 2. The standard InChI is InChI=1S/2C11H24O.H2O4S/c2*1-2-3-4-5-6-7-8-9-10-11-12;1-5(2,3)4/h2*12H,2-11H2,1H3;(H2,1,2,3,4). The summed E-state index contributed by atoms with van der Waals surface area (Å²) in [4.78, 5) is 0. The average molecular weight is 443 g/mol. The zero-order valence-electron chi connectivity index (χ0n) is 19.2. The van der Waals surface area contributed by atoms with Crippen LogP contribution in [0.25, 0.3) is 0 Å². The number of rotatable bonds is 18. The molecule has 7 heteroatoms. The quantitative estimate of drug-likeness (QED) is 0.145. The van der Waals surface area contributed by atoms with Gasteiger partial charge in [-0.25, -0.2) is 0 Å². The molecule has 4 N–H and O–H groups in total. The van der Waals surface area contributed by atoms with Crippen LogP contribution in [0.15, 0.2) is 0 Å². The van der Waals surface area contributed by atoms with E-state index >= 15 is 0 Å². The van der Waals surface area contributed by atoms with Gasteiger partial charge in [0.25, 0.3) is 0 Å². The summed E-state index contributed by atoms with van der Waals surface area (Å²) < 4.78 is 31.6. The Morgan fingerprint density at radius 3 is 0.793 bits per heavy atom. The van der Waals surface area contributed by atoms with Crippen LogP contribution in [0.2, 0.25) is 0 Å². The first-order valence-electron chi connectivity index (χ1n) is 11.7. The van der Waals surface area contributed by atoms with E-state index in [4.69, 9.17) is 27.7 Å². The van der Waals surface area contributed by atoms with E-state index in [1.54, 1.807) is 0 Å². The van der Waals surface area contributed by atoms with Crippen molar-refractivity contribution >= 4 is 10.4 Å². The molecule has 0 aliphatic rings. The van der Waals surface area contributed by atoms with Crippen molar-refractivity contribution in [3.05, 3.63) is 0 Å². The maximum absolute atomic E-state index is 8.74. The summed E-state index contributed by atoms with van der Waals surface area (Å²) in [6.07, 6.45) is 23.7. The fourth-order valence-electron chi connectivity index (χ4n) is 2.84. The van der Waals surface area contributed by atoms with Crippen molar-refractivity contribution in [1.29, 1.82) is 0 Å². The molecule has 0 amide bonds. The largest absolute Gasteiger partial charge is 0.396 e. The Morgan fingerprint density at radius 1 is 0.448 bits per heavy atom. The maximum Gasteiger partial charge on any atom is 0.394 e. The van der Waals surface area contributed by atoms with Gasteiger partial charge in [0.15, 0.2) is 0 Å². The van der Waals surface area contributed by atoms with Crippen LogP contribution in [0, 0.1) is 0 Å². The molecule has 0 bridgehead atoms. The van der Waals surface area contributed by atoms with Crippen molar-refractivity contribution in [2.75, 3.05) is 13.2 Å². The minimum absolute atomic E-state index is 0.371. The van der Waals surface area contributed by atoms with E-state index in [1.165, 1.54) is 103 Å². The molecule has 0 rings (SSSR count). The second-order valence-electron chi connectivity index (χ2n) is 7.55. The molecule has 6 nitrogen and oxygen atoms in total. The Morgan fingerprint density at radius 2 is 0.621 bits per heavy atom. The molecule has 0 spiro atoms. The summed E-state index contributed by atoms with van der Waals surface area (Å²) in [7, 11) is -4.67. The second kappa shape index (κ2) is 30.0. The van der Waals surface area contributed by atoms with Crippen LogP contribution in [-0.4, -0.2) is 41.0 Å². The molecule has 0 heterocycles. The van der Waals surface area contributed by atoms with Crippen LogP contribution in [0.4, 0.5) is 0 Å². The van der Waals surface area contributed by atoms with Gasteiger partial charge < -0.3 is 10.2 Å². The van der Waals surface area contributed by atoms with Crippen molar-refractivity contribution in [3.8, 4) is 0 Å². The Hall–Kier alpha value is -0.210. The van der Waals surface area contributed by atoms with Gasteiger partial charge >= 0.3 is 10.4 Å². The third-order valence-electron chi connectivity index (χ3n) is 4.52. The first kappa shape index (κ1) is 33.4. The van der Waals surface area contributed by atoms with Crippen LogP contribution >= 0.6 is 0 Å². The monoisotopic (exact) mass is 442 g/mol. The molecule has 180 valence electrons. The topological polar surface area (TPSA) is 115 Å². The summed E-state index contributed by atoms with van der Waals surface area (Å²) in [5.41, 5.74) is 0. The molecule has 0 aliphatic heterocycles. The zero-order valence-corrected chi connectivity index (χ0v) is 20.0. The van der Waals surface area contributed by atoms with Gasteiger partial charge in [-0.05, 0) is 12.8 Å². The van der Waals surface area contributed by atoms with Crippen LogP contribution in [0.1, 0.15) is 129 Å².